The number of hydrogen-bond donors (Lipinski definition) is 1. The Balaban J connectivity index is 1.69. The van der Waals surface area contributed by atoms with Gasteiger partial charge in [-0.2, -0.15) is 0 Å². The number of aliphatic imine (C=N–C) groups is 2. The molecule has 0 aliphatic carbocycles. The summed E-state index contributed by atoms with van der Waals surface area (Å²) in [7, 11) is 0. The molecule has 2 heterocycles. The predicted molar refractivity (Wildman–Crippen MR) is 129 cm³/mol. The number of likely N-dealkylation sites (tertiary alicyclic amines) is 1. The quantitative estimate of drug-likeness (QED) is 0.545. The minimum Gasteiger partial charge on any atom is -0.404 e. The molecule has 162 valence electrons. The Morgan fingerprint density at radius 3 is 2.84 bits per heavy atom. The molecule has 2 N–H and O–H groups in total. The van der Waals surface area contributed by atoms with Crippen LogP contribution in [-0.2, 0) is 13.1 Å². The van der Waals surface area contributed by atoms with Crippen LogP contribution in [0, 0.1) is 11.7 Å². The average molecular weight is 484 g/mol. The molecule has 1 unspecified atom stereocenters. The highest BCUT2D eigenvalue weighted by Crippen LogP contribution is 2.26. The van der Waals surface area contributed by atoms with E-state index in [0.717, 1.165) is 53.8 Å². The van der Waals surface area contributed by atoms with Gasteiger partial charge in [0.1, 0.15) is 5.82 Å². The van der Waals surface area contributed by atoms with E-state index in [2.05, 4.69) is 35.8 Å². The molecule has 2 aromatic rings. The van der Waals surface area contributed by atoms with Gasteiger partial charge in [-0.3, -0.25) is 19.9 Å². The maximum absolute atomic E-state index is 13.2. The lowest BCUT2D eigenvalue weighted by Gasteiger charge is -2.33. The van der Waals surface area contributed by atoms with E-state index in [1.807, 2.05) is 42.8 Å². The summed E-state index contributed by atoms with van der Waals surface area (Å²) in [5.74, 6) is 0.0808. The normalized spacial score (nSPS) is 18.8. The third kappa shape index (κ3) is 7.84. The molecule has 0 radical (unpaired) electrons. The van der Waals surface area contributed by atoms with Gasteiger partial charge in [-0.05, 0) is 70.7 Å². The maximum atomic E-state index is 13.2. The van der Waals surface area contributed by atoms with E-state index < -0.39 is 0 Å². The first-order valence-electron chi connectivity index (χ1n) is 10.3. The van der Waals surface area contributed by atoms with Crippen molar-refractivity contribution in [1.82, 2.24) is 9.88 Å². The zero-order chi connectivity index (χ0) is 21.9. The molecular weight excluding hydrogens is 457 g/mol. The second-order valence-corrected chi connectivity index (χ2v) is 8.37. The molecule has 1 aliphatic rings. The van der Waals surface area contributed by atoms with E-state index in [9.17, 15) is 4.39 Å². The van der Waals surface area contributed by atoms with Crippen LogP contribution in [0.15, 0.2) is 81.2 Å². The van der Waals surface area contributed by atoms with Crippen molar-refractivity contribution in [1.29, 1.82) is 0 Å². The van der Waals surface area contributed by atoms with Crippen molar-refractivity contribution in [3.8, 4) is 0 Å². The third-order valence-corrected chi connectivity index (χ3v) is 5.56. The van der Waals surface area contributed by atoms with Gasteiger partial charge in [0.2, 0.25) is 0 Å². The van der Waals surface area contributed by atoms with Gasteiger partial charge in [-0.1, -0.05) is 18.2 Å². The number of nitrogens with zero attached hydrogens (tertiary/aromatic N) is 4. The molecular formula is C24H27BrFN5. The molecule has 1 aliphatic heterocycles. The van der Waals surface area contributed by atoms with E-state index in [1.165, 1.54) is 18.3 Å². The molecule has 31 heavy (non-hydrogen) atoms. The first-order valence-corrected chi connectivity index (χ1v) is 11.1. The molecule has 3 rings (SSSR count). The number of aromatic nitrogens is 1. The summed E-state index contributed by atoms with van der Waals surface area (Å²) < 4.78 is 13.9. The van der Waals surface area contributed by atoms with Gasteiger partial charge in [0, 0.05) is 55.7 Å². The monoisotopic (exact) mass is 483 g/mol. The fourth-order valence-electron chi connectivity index (χ4n) is 3.53. The number of allylic oxidation sites excluding steroid dienone is 2. The molecule has 1 aromatic carbocycles. The lowest BCUT2D eigenvalue weighted by molar-refractivity contribution is 0.183. The average Bonchev–Trinajstić information content (AvgIpc) is 2.80. The number of halogens is 2. The highest BCUT2D eigenvalue weighted by atomic mass is 79.9. The van der Waals surface area contributed by atoms with Crippen molar-refractivity contribution in [2.75, 3.05) is 13.1 Å². The molecule has 0 amide bonds. The largest absolute Gasteiger partial charge is 0.404 e. The van der Waals surface area contributed by atoms with Gasteiger partial charge < -0.3 is 5.73 Å². The third-order valence-electron chi connectivity index (χ3n) is 5.09. The molecule has 7 heteroatoms. The Bertz CT molecular complexity index is 938. The van der Waals surface area contributed by atoms with Crippen LogP contribution in [0.5, 0.6) is 0 Å². The summed E-state index contributed by atoms with van der Waals surface area (Å²) in [5, 5.41) is 0. The van der Waals surface area contributed by atoms with Crippen LogP contribution >= 0.6 is 15.9 Å². The summed E-state index contributed by atoms with van der Waals surface area (Å²) in [5.41, 5.74) is 8.70. The number of piperidine rings is 1. The van der Waals surface area contributed by atoms with Crippen LogP contribution in [0.4, 0.5) is 4.39 Å². The molecule has 1 saturated heterocycles. The van der Waals surface area contributed by atoms with Gasteiger partial charge in [0.15, 0.2) is 0 Å². The van der Waals surface area contributed by atoms with Gasteiger partial charge in [0.05, 0.1) is 11.0 Å². The fraction of sp³-hybridized carbons (Fsp3) is 0.292. The molecule has 0 spiro atoms. The van der Waals surface area contributed by atoms with Crippen molar-refractivity contribution >= 4 is 28.4 Å². The Morgan fingerprint density at radius 2 is 2.10 bits per heavy atom. The van der Waals surface area contributed by atoms with E-state index in [4.69, 9.17) is 5.73 Å². The van der Waals surface area contributed by atoms with Crippen molar-refractivity contribution < 1.29 is 4.39 Å². The van der Waals surface area contributed by atoms with Crippen LogP contribution in [0.3, 0.4) is 0 Å². The highest BCUT2D eigenvalue weighted by molar-refractivity contribution is 9.12. The molecule has 5 nitrogen and oxygen atoms in total. The van der Waals surface area contributed by atoms with E-state index >= 15 is 0 Å². The van der Waals surface area contributed by atoms with Crippen molar-refractivity contribution in [2.24, 2.45) is 21.6 Å². The summed E-state index contributed by atoms with van der Waals surface area (Å²) in [6, 6.07) is 10.6. The Morgan fingerprint density at radius 1 is 1.26 bits per heavy atom. The molecule has 1 atom stereocenters. The predicted octanol–water partition coefficient (Wildman–Crippen LogP) is 4.85. The lowest BCUT2D eigenvalue weighted by atomic mass is 9.94. The van der Waals surface area contributed by atoms with Gasteiger partial charge in [-0.25, -0.2) is 4.39 Å². The minimum atomic E-state index is -0.205. The summed E-state index contributed by atoms with van der Waals surface area (Å²) >= 11 is 3.38. The molecule has 1 fully saturated rings. The van der Waals surface area contributed by atoms with Crippen molar-refractivity contribution in [3.63, 3.8) is 0 Å². The van der Waals surface area contributed by atoms with Crippen LogP contribution in [0.25, 0.3) is 0 Å². The standard InChI is InChI=1S/C24H27BrFN5/c25-22(13-27)16-30-24(9-11-29-15-20-3-1-10-28-14-20)21-4-2-12-31(18-21)17-19-5-7-23(26)8-6-19/h1,3,5-11,13-14,16,21H,2,4,12,15,17-18,27H2. The van der Waals surface area contributed by atoms with E-state index in [-0.39, 0.29) is 11.7 Å². The van der Waals surface area contributed by atoms with Crippen LogP contribution in [0.2, 0.25) is 0 Å². The number of benzene rings is 1. The summed E-state index contributed by atoms with van der Waals surface area (Å²) in [6.45, 7) is 3.29. The fourth-order valence-corrected chi connectivity index (χ4v) is 3.63. The Hall–Kier alpha value is -2.64. The lowest BCUT2D eigenvalue weighted by Crippen LogP contribution is -2.35. The number of rotatable bonds is 8. The van der Waals surface area contributed by atoms with Crippen LogP contribution in [-0.4, -0.2) is 35.4 Å². The first kappa shape index (κ1) is 23.0. The second-order valence-electron chi connectivity index (χ2n) is 7.45. The van der Waals surface area contributed by atoms with E-state index in [1.54, 1.807) is 12.4 Å². The number of hydrogen-bond acceptors (Lipinski definition) is 5. The zero-order valence-corrected chi connectivity index (χ0v) is 19.0. The number of pyridine rings is 1. The Labute approximate surface area is 191 Å². The number of nitrogens with two attached hydrogens (primary N) is 1. The summed E-state index contributed by atoms with van der Waals surface area (Å²) in [4.78, 5) is 15.7. The second kappa shape index (κ2) is 12.3. The minimum absolute atomic E-state index is 0.205. The van der Waals surface area contributed by atoms with Crippen molar-refractivity contribution in [2.45, 2.75) is 25.9 Å². The summed E-state index contributed by atoms with van der Waals surface area (Å²) in [6.07, 6.45) is 12.7. The maximum Gasteiger partial charge on any atom is 0.123 e. The van der Waals surface area contributed by atoms with Gasteiger partial charge in [-0.15, -0.1) is 0 Å². The smallest absolute Gasteiger partial charge is 0.123 e. The van der Waals surface area contributed by atoms with Gasteiger partial charge in [0.25, 0.3) is 0 Å². The zero-order valence-electron chi connectivity index (χ0n) is 17.4. The van der Waals surface area contributed by atoms with Crippen molar-refractivity contribution in [3.05, 3.63) is 88.2 Å². The first-order chi connectivity index (χ1) is 15.1. The highest BCUT2D eigenvalue weighted by Gasteiger charge is 2.22. The van der Waals surface area contributed by atoms with E-state index in [0.29, 0.717) is 6.54 Å². The molecule has 0 saturated carbocycles. The topological polar surface area (TPSA) is 66.9 Å². The van der Waals surface area contributed by atoms with Crippen LogP contribution < -0.4 is 5.73 Å². The Kier molecular flexibility index (Phi) is 9.12. The van der Waals surface area contributed by atoms with Gasteiger partial charge >= 0.3 is 0 Å². The van der Waals surface area contributed by atoms with Crippen LogP contribution in [0.1, 0.15) is 24.0 Å². The molecule has 0 bridgehead atoms. The molecule has 1 aromatic heterocycles. The SMILES string of the molecule is NC=C(Br)C=NC(=CC=NCc1cccnc1)C1CCCN(Cc2ccc(F)cc2)C1.